The second kappa shape index (κ2) is 11.4. The first-order chi connectivity index (χ1) is 8.24. The summed E-state index contributed by atoms with van der Waals surface area (Å²) in [6, 6.07) is 0. The predicted molar refractivity (Wildman–Crippen MR) is 84.0 cm³/mol. The fourth-order valence-electron chi connectivity index (χ4n) is 2.23. The number of hydrogen-bond donors (Lipinski definition) is 0. The summed E-state index contributed by atoms with van der Waals surface area (Å²) >= 11 is -2.05. The molecule has 0 aliphatic rings. The van der Waals surface area contributed by atoms with Gasteiger partial charge in [-0.05, 0) is 0 Å². The Morgan fingerprint density at radius 1 is 0.706 bits per heavy atom. The van der Waals surface area contributed by atoms with Gasteiger partial charge >= 0.3 is 114 Å². The zero-order chi connectivity index (χ0) is 13.0. The first kappa shape index (κ1) is 17.3. The molecule has 0 aromatic rings. The molecule has 0 heterocycles. The molecule has 0 amide bonds. The van der Waals surface area contributed by atoms with E-state index in [1.54, 1.807) is 0 Å². The van der Waals surface area contributed by atoms with Crippen LogP contribution >= 0.6 is 0 Å². The zero-order valence-corrected chi connectivity index (χ0v) is 15.3. The van der Waals surface area contributed by atoms with Crippen molar-refractivity contribution in [1.29, 1.82) is 0 Å². The van der Waals surface area contributed by atoms with Crippen LogP contribution in [0.4, 0.5) is 0 Å². The van der Waals surface area contributed by atoms with E-state index in [0.29, 0.717) is 0 Å². The summed E-state index contributed by atoms with van der Waals surface area (Å²) in [4.78, 5) is 0. The van der Waals surface area contributed by atoms with Gasteiger partial charge in [-0.25, -0.2) is 0 Å². The Balaban J connectivity index is 4.76. The molecule has 100 valence electrons. The first-order valence-electron chi connectivity index (χ1n) is 7.60. The van der Waals surface area contributed by atoms with Crippen molar-refractivity contribution in [3.05, 3.63) is 20.3 Å². The van der Waals surface area contributed by atoms with Gasteiger partial charge in [-0.3, -0.25) is 0 Å². The molecule has 0 nitrogen and oxygen atoms in total. The van der Waals surface area contributed by atoms with E-state index in [-0.39, 0.29) is 0 Å². The van der Waals surface area contributed by atoms with Gasteiger partial charge in [0.25, 0.3) is 0 Å². The summed E-state index contributed by atoms with van der Waals surface area (Å²) in [5.41, 5.74) is 0. The van der Waals surface area contributed by atoms with Crippen molar-refractivity contribution >= 4 is 18.4 Å². The van der Waals surface area contributed by atoms with Gasteiger partial charge in [0.1, 0.15) is 0 Å². The number of hydrogen-bond acceptors (Lipinski definition) is 0. The standard InChI is InChI=1S/2C4H9.2C4H7.Sn/c4*1-3-4-2;/h2*1,3-4H2,2H3;2*1,3H,4H2,2H3;. The Morgan fingerprint density at radius 2 is 1.12 bits per heavy atom. The van der Waals surface area contributed by atoms with Crippen LogP contribution in [0.3, 0.4) is 0 Å². The summed E-state index contributed by atoms with van der Waals surface area (Å²) in [6.45, 7) is 9.17. The van der Waals surface area contributed by atoms with E-state index < -0.39 is 18.4 Å². The van der Waals surface area contributed by atoms with Crippen molar-refractivity contribution in [2.75, 3.05) is 0 Å². The number of allylic oxidation sites excluding steroid dienone is 2. The van der Waals surface area contributed by atoms with Crippen molar-refractivity contribution in [2.45, 2.75) is 75.1 Å². The molecule has 0 unspecified atom stereocenters. The van der Waals surface area contributed by atoms with Crippen molar-refractivity contribution in [3.63, 3.8) is 0 Å². The van der Waals surface area contributed by atoms with Gasteiger partial charge in [-0.2, -0.15) is 0 Å². The molecule has 0 spiro atoms. The molecule has 0 fully saturated rings. The monoisotopic (exact) mass is 344 g/mol. The number of unbranched alkanes of at least 4 members (excludes halogenated alkanes) is 2. The Kier molecular flexibility index (Phi) is 11.6. The zero-order valence-electron chi connectivity index (χ0n) is 12.5. The van der Waals surface area contributed by atoms with E-state index in [4.69, 9.17) is 0 Å². The Labute approximate surface area is 113 Å². The molecule has 0 aromatic carbocycles. The summed E-state index contributed by atoms with van der Waals surface area (Å²) < 4.78 is 8.43. The molecule has 0 radical (unpaired) electrons. The van der Waals surface area contributed by atoms with Crippen LogP contribution in [0, 0.1) is 0 Å². The van der Waals surface area contributed by atoms with Gasteiger partial charge in [0.05, 0.1) is 0 Å². The fraction of sp³-hybridized carbons (Fsp3) is 0.750. The molecule has 17 heavy (non-hydrogen) atoms. The summed E-state index contributed by atoms with van der Waals surface area (Å²) in [5.74, 6) is 0. The third-order valence-electron chi connectivity index (χ3n) is 3.36. The molecular formula is C16H32Sn. The minimum atomic E-state index is -2.05. The second-order valence-electron chi connectivity index (χ2n) is 5.06. The van der Waals surface area contributed by atoms with Gasteiger partial charge in [0.2, 0.25) is 0 Å². The van der Waals surface area contributed by atoms with E-state index in [1.165, 1.54) is 47.4 Å². The molecule has 0 rings (SSSR count). The molecule has 0 bridgehead atoms. The molecule has 0 aromatic heterocycles. The molecule has 0 saturated heterocycles. The predicted octanol–water partition coefficient (Wildman–Crippen LogP) is 6.05. The van der Waals surface area contributed by atoms with Gasteiger partial charge in [-0.15, -0.1) is 0 Å². The SMILES string of the molecule is CC/C=[CH]/[Sn](/[CH]=C/CC)([CH2]CCC)[CH2]CCC. The van der Waals surface area contributed by atoms with E-state index in [1.807, 2.05) is 0 Å². The average Bonchev–Trinajstić information content (AvgIpc) is 2.37. The van der Waals surface area contributed by atoms with Crippen LogP contribution in [0.5, 0.6) is 0 Å². The van der Waals surface area contributed by atoms with Crippen LogP contribution in [0.15, 0.2) is 20.3 Å². The van der Waals surface area contributed by atoms with Crippen LogP contribution in [0.1, 0.15) is 66.2 Å². The maximum absolute atomic E-state index is 2.69. The van der Waals surface area contributed by atoms with Crippen molar-refractivity contribution < 1.29 is 0 Å². The van der Waals surface area contributed by atoms with Crippen LogP contribution in [-0.2, 0) is 0 Å². The Hall–Kier alpha value is 0.279. The normalized spacial score (nSPS) is 12.9. The number of rotatable bonds is 10. The first-order valence-corrected chi connectivity index (χ1v) is 14.9. The summed E-state index contributed by atoms with van der Waals surface area (Å²) in [6.07, 6.45) is 12.9. The van der Waals surface area contributed by atoms with E-state index >= 15 is 0 Å². The summed E-state index contributed by atoms with van der Waals surface area (Å²) in [7, 11) is 0. The third kappa shape index (κ3) is 8.07. The molecule has 1 heteroatoms. The molecule has 0 saturated carbocycles. The Bertz CT molecular complexity index is 192. The molecule has 0 atom stereocenters. The van der Waals surface area contributed by atoms with E-state index in [0.717, 1.165) is 0 Å². The van der Waals surface area contributed by atoms with E-state index in [2.05, 4.69) is 48.0 Å². The van der Waals surface area contributed by atoms with Crippen LogP contribution in [-0.4, -0.2) is 18.4 Å². The fourth-order valence-corrected chi connectivity index (χ4v) is 15.0. The van der Waals surface area contributed by atoms with Crippen molar-refractivity contribution in [1.82, 2.24) is 0 Å². The topological polar surface area (TPSA) is 0 Å². The van der Waals surface area contributed by atoms with E-state index in [9.17, 15) is 0 Å². The minimum absolute atomic E-state index is 1.21. The van der Waals surface area contributed by atoms with Gasteiger partial charge in [0, 0.05) is 0 Å². The molecule has 0 aliphatic heterocycles. The van der Waals surface area contributed by atoms with Crippen LogP contribution in [0.25, 0.3) is 0 Å². The quantitative estimate of drug-likeness (QED) is 0.424. The van der Waals surface area contributed by atoms with Gasteiger partial charge < -0.3 is 0 Å². The molecule has 0 N–H and O–H groups in total. The third-order valence-corrected chi connectivity index (χ3v) is 15.8. The summed E-state index contributed by atoms with van der Waals surface area (Å²) in [5, 5.41) is 0. The maximum atomic E-state index is 2.69. The van der Waals surface area contributed by atoms with Gasteiger partial charge in [-0.1, -0.05) is 0 Å². The molecule has 0 aliphatic carbocycles. The van der Waals surface area contributed by atoms with Gasteiger partial charge in [0.15, 0.2) is 0 Å². The molecular weight excluding hydrogens is 311 g/mol. The van der Waals surface area contributed by atoms with Crippen LogP contribution in [0.2, 0.25) is 8.87 Å². The van der Waals surface area contributed by atoms with Crippen molar-refractivity contribution in [2.24, 2.45) is 0 Å². The van der Waals surface area contributed by atoms with Crippen molar-refractivity contribution in [3.8, 4) is 0 Å². The second-order valence-corrected chi connectivity index (χ2v) is 16.9. The van der Waals surface area contributed by atoms with Crippen LogP contribution < -0.4 is 0 Å². The average molecular weight is 343 g/mol. The Morgan fingerprint density at radius 3 is 1.41 bits per heavy atom.